The lowest BCUT2D eigenvalue weighted by Crippen LogP contribution is -2.27. The smallest absolute Gasteiger partial charge is 0.349 e. The maximum absolute atomic E-state index is 13.5. The molecule has 0 fully saturated rings. The minimum atomic E-state index is -0.925. The maximum atomic E-state index is 13.5. The molecule has 1 aromatic carbocycles. The highest BCUT2D eigenvalue weighted by molar-refractivity contribution is 5.96. The molecular formula is C12H9F2NO3. The quantitative estimate of drug-likeness (QED) is 0.728. The molecule has 0 spiro atoms. The Labute approximate surface area is 100 Å². The molecule has 1 aromatic heterocycles. The summed E-state index contributed by atoms with van der Waals surface area (Å²) in [7, 11) is 2.90. The normalized spacial score (nSPS) is 10.7. The topological polar surface area (TPSA) is 50.5 Å². The van der Waals surface area contributed by atoms with Crippen molar-refractivity contribution in [2.75, 3.05) is 14.1 Å². The minimum Gasteiger partial charge on any atom is -0.422 e. The lowest BCUT2D eigenvalue weighted by Gasteiger charge is -2.09. The molecule has 0 aliphatic rings. The summed E-state index contributed by atoms with van der Waals surface area (Å²) in [6.07, 6.45) is 0. The van der Waals surface area contributed by atoms with Crippen molar-refractivity contribution >= 4 is 16.9 Å². The first kappa shape index (κ1) is 12.2. The van der Waals surface area contributed by atoms with Crippen LogP contribution in [-0.4, -0.2) is 24.9 Å². The average molecular weight is 253 g/mol. The van der Waals surface area contributed by atoms with E-state index in [4.69, 9.17) is 4.42 Å². The van der Waals surface area contributed by atoms with Gasteiger partial charge in [-0.1, -0.05) is 0 Å². The molecule has 0 saturated carbocycles. The van der Waals surface area contributed by atoms with Gasteiger partial charge in [0, 0.05) is 26.2 Å². The van der Waals surface area contributed by atoms with Crippen LogP contribution in [0, 0.1) is 11.6 Å². The third-order valence-electron chi connectivity index (χ3n) is 2.40. The first-order chi connectivity index (χ1) is 8.40. The van der Waals surface area contributed by atoms with Crippen molar-refractivity contribution in [3.8, 4) is 0 Å². The van der Waals surface area contributed by atoms with Crippen LogP contribution in [0.3, 0.4) is 0 Å². The summed E-state index contributed by atoms with van der Waals surface area (Å²) in [5.41, 5.74) is -1.45. The standard InChI is InChI=1S/C12H9F2NO3/c1-15(2)11(16)8-5-7-9(14)3-6(13)4-10(7)18-12(8)17/h3-5H,1-2H3. The van der Waals surface area contributed by atoms with Crippen LogP contribution < -0.4 is 5.63 Å². The number of hydrogen-bond acceptors (Lipinski definition) is 3. The minimum absolute atomic E-state index is 0.110. The predicted octanol–water partition coefficient (Wildman–Crippen LogP) is 1.77. The number of carbonyl (C=O) groups is 1. The number of halogens is 2. The van der Waals surface area contributed by atoms with Gasteiger partial charge in [-0.05, 0) is 6.07 Å². The third-order valence-corrected chi connectivity index (χ3v) is 2.40. The van der Waals surface area contributed by atoms with Crippen molar-refractivity contribution < 1.29 is 18.0 Å². The summed E-state index contributed by atoms with van der Waals surface area (Å²) in [5.74, 6) is -2.34. The molecule has 4 nitrogen and oxygen atoms in total. The van der Waals surface area contributed by atoms with E-state index in [1.165, 1.54) is 19.0 Å². The summed E-state index contributed by atoms with van der Waals surface area (Å²) < 4.78 is 31.2. The lowest BCUT2D eigenvalue weighted by atomic mass is 10.1. The molecule has 6 heteroatoms. The largest absolute Gasteiger partial charge is 0.422 e. The van der Waals surface area contributed by atoms with E-state index in [-0.39, 0.29) is 16.5 Å². The van der Waals surface area contributed by atoms with Crippen LogP contribution in [0.4, 0.5) is 8.78 Å². The molecule has 0 radical (unpaired) electrons. The summed E-state index contributed by atoms with van der Waals surface area (Å²) in [4.78, 5) is 24.4. The van der Waals surface area contributed by atoms with E-state index in [1.54, 1.807) is 0 Å². The van der Waals surface area contributed by atoms with Gasteiger partial charge >= 0.3 is 5.63 Å². The summed E-state index contributed by atoms with van der Waals surface area (Å²) >= 11 is 0. The van der Waals surface area contributed by atoms with Gasteiger partial charge in [0.15, 0.2) is 0 Å². The Hall–Kier alpha value is -2.24. The highest BCUT2D eigenvalue weighted by atomic mass is 19.1. The Morgan fingerprint density at radius 2 is 1.89 bits per heavy atom. The fraction of sp³-hybridized carbons (Fsp3) is 0.167. The Morgan fingerprint density at radius 3 is 2.50 bits per heavy atom. The Morgan fingerprint density at radius 1 is 1.22 bits per heavy atom. The number of benzene rings is 1. The van der Waals surface area contributed by atoms with Crippen LogP contribution in [0.15, 0.2) is 27.4 Å². The second-order valence-electron chi connectivity index (χ2n) is 3.95. The second kappa shape index (κ2) is 4.21. The van der Waals surface area contributed by atoms with Crippen LogP contribution in [0.5, 0.6) is 0 Å². The number of carbonyl (C=O) groups excluding carboxylic acids is 1. The van der Waals surface area contributed by atoms with Gasteiger partial charge in [-0.2, -0.15) is 0 Å². The zero-order valence-electron chi connectivity index (χ0n) is 9.66. The number of nitrogens with zero attached hydrogens (tertiary/aromatic N) is 1. The van der Waals surface area contributed by atoms with Crippen molar-refractivity contribution in [1.29, 1.82) is 0 Å². The number of rotatable bonds is 1. The van der Waals surface area contributed by atoms with Crippen molar-refractivity contribution in [2.24, 2.45) is 0 Å². The van der Waals surface area contributed by atoms with E-state index in [2.05, 4.69) is 0 Å². The van der Waals surface area contributed by atoms with Crippen molar-refractivity contribution in [1.82, 2.24) is 4.90 Å². The van der Waals surface area contributed by atoms with Crippen LogP contribution in [0.1, 0.15) is 10.4 Å². The lowest BCUT2D eigenvalue weighted by molar-refractivity contribution is 0.0823. The predicted molar refractivity (Wildman–Crippen MR) is 60.4 cm³/mol. The molecule has 1 heterocycles. The van der Waals surface area contributed by atoms with Gasteiger partial charge in [0.25, 0.3) is 5.91 Å². The van der Waals surface area contributed by atoms with Crippen LogP contribution >= 0.6 is 0 Å². The van der Waals surface area contributed by atoms with Crippen molar-refractivity contribution in [3.63, 3.8) is 0 Å². The summed E-state index contributed by atoms with van der Waals surface area (Å²) in [6.45, 7) is 0. The Bertz CT molecular complexity index is 692. The molecule has 0 saturated heterocycles. The van der Waals surface area contributed by atoms with Gasteiger partial charge in [-0.25, -0.2) is 13.6 Å². The molecule has 94 valence electrons. The highest BCUT2D eigenvalue weighted by Gasteiger charge is 2.17. The zero-order chi connectivity index (χ0) is 13.4. The Balaban J connectivity index is 2.77. The third kappa shape index (κ3) is 1.97. The van der Waals surface area contributed by atoms with E-state index in [9.17, 15) is 18.4 Å². The van der Waals surface area contributed by atoms with Crippen LogP contribution in [0.25, 0.3) is 11.0 Å². The SMILES string of the molecule is CN(C)C(=O)c1cc2c(F)cc(F)cc2oc1=O. The molecule has 2 rings (SSSR count). The van der Waals surface area contributed by atoms with Gasteiger partial charge < -0.3 is 9.32 Å². The van der Waals surface area contributed by atoms with E-state index >= 15 is 0 Å². The molecule has 0 atom stereocenters. The summed E-state index contributed by atoms with van der Waals surface area (Å²) in [5, 5.41) is -0.110. The van der Waals surface area contributed by atoms with E-state index in [1.807, 2.05) is 0 Å². The van der Waals surface area contributed by atoms with E-state index < -0.39 is 23.2 Å². The molecular weight excluding hydrogens is 244 g/mol. The zero-order valence-corrected chi connectivity index (χ0v) is 9.66. The molecule has 0 aliphatic carbocycles. The molecule has 18 heavy (non-hydrogen) atoms. The van der Waals surface area contributed by atoms with Gasteiger partial charge in [-0.15, -0.1) is 0 Å². The molecule has 0 aliphatic heterocycles. The fourth-order valence-corrected chi connectivity index (χ4v) is 1.53. The fourth-order valence-electron chi connectivity index (χ4n) is 1.53. The van der Waals surface area contributed by atoms with Crippen LogP contribution in [0.2, 0.25) is 0 Å². The molecule has 1 amide bonds. The molecule has 0 N–H and O–H groups in total. The molecule has 2 aromatic rings. The molecule has 0 bridgehead atoms. The number of fused-ring (bicyclic) bond motifs is 1. The average Bonchev–Trinajstić information content (AvgIpc) is 2.26. The van der Waals surface area contributed by atoms with Gasteiger partial charge in [0.2, 0.25) is 0 Å². The first-order valence-electron chi connectivity index (χ1n) is 5.04. The highest BCUT2D eigenvalue weighted by Crippen LogP contribution is 2.19. The summed E-state index contributed by atoms with van der Waals surface area (Å²) in [6, 6.07) is 2.62. The number of amides is 1. The number of hydrogen-bond donors (Lipinski definition) is 0. The van der Waals surface area contributed by atoms with E-state index in [0.29, 0.717) is 6.07 Å². The first-order valence-corrected chi connectivity index (χ1v) is 5.04. The van der Waals surface area contributed by atoms with Crippen molar-refractivity contribution in [3.05, 3.63) is 45.8 Å². The van der Waals surface area contributed by atoms with Gasteiger partial charge in [-0.3, -0.25) is 4.79 Å². The van der Waals surface area contributed by atoms with Gasteiger partial charge in [0.1, 0.15) is 22.8 Å². The van der Waals surface area contributed by atoms with Crippen molar-refractivity contribution in [2.45, 2.75) is 0 Å². The molecule has 0 unspecified atom stereocenters. The van der Waals surface area contributed by atoms with Gasteiger partial charge in [0.05, 0.1) is 5.39 Å². The Kier molecular flexibility index (Phi) is 2.86. The second-order valence-corrected chi connectivity index (χ2v) is 3.95. The van der Waals surface area contributed by atoms with Crippen LogP contribution in [-0.2, 0) is 0 Å². The van der Waals surface area contributed by atoms with E-state index in [0.717, 1.165) is 12.1 Å². The monoisotopic (exact) mass is 253 g/mol. The maximum Gasteiger partial charge on any atom is 0.349 e.